The van der Waals surface area contributed by atoms with E-state index in [-0.39, 0.29) is 23.9 Å². The van der Waals surface area contributed by atoms with E-state index in [1.807, 2.05) is 55.7 Å². The molecule has 2 heterocycles. The quantitative estimate of drug-likeness (QED) is 0.597. The van der Waals surface area contributed by atoms with E-state index in [0.29, 0.717) is 5.56 Å². The van der Waals surface area contributed by atoms with E-state index in [0.717, 1.165) is 47.7 Å². The van der Waals surface area contributed by atoms with Gasteiger partial charge in [0.2, 0.25) is 5.91 Å². The Morgan fingerprint density at radius 2 is 1.68 bits per heavy atom. The normalized spacial score (nSPS) is 22.2. The summed E-state index contributed by atoms with van der Waals surface area (Å²) in [5.74, 6) is -0.459. The predicted octanol–water partition coefficient (Wildman–Crippen LogP) is 4.92. The van der Waals surface area contributed by atoms with Gasteiger partial charge in [-0.1, -0.05) is 62.1 Å². The monoisotopic (exact) mass is 415 g/mol. The van der Waals surface area contributed by atoms with Crippen molar-refractivity contribution in [1.29, 1.82) is 0 Å². The standard InChI is InChI=1S/C26H29N3O2/c1-29-24(21-16-27-22-15-9-8-12-18(21)22)23(19-13-6-7-14-20(19)26(29)31)25(30)28-17-10-4-2-3-5-11-17/h6-9,12-17,23-24,27H,2-5,10-11H2,1H3,(H,28,30). The van der Waals surface area contributed by atoms with Crippen LogP contribution in [0, 0.1) is 0 Å². The van der Waals surface area contributed by atoms with Crippen molar-refractivity contribution >= 4 is 22.7 Å². The van der Waals surface area contributed by atoms with Gasteiger partial charge >= 0.3 is 0 Å². The molecule has 2 unspecified atom stereocenters. The lowest BCUT2D eigenvalue weighted by Crippen LogP contribution is -2.47. The SMILES string of the molecule is CN1C(=O)c2ccccc2C(C(=O)NC2CCCCCC2)C1c1c[nH]c2ccccc12. The molecule has 1 aliphatic carbocycles. The van der Waals surface area contributed by atoms with Crippen LogP contribution in [0.15, 0.2) is 54.7 Å². The van der Waals surface area contributed by atoms with Crippen molar-refractivity contribution < 1.29 is 9.59 Å². The topological polar surface area (TPSA) is 65.2 Å². The second kappa shape index (κ2) is 8.22. The van der Waals surface area contributed by atoms with Crippen molar-refractivity contribution in [2.75, 3.05) is 7.05 Å². The largest absolute Gasteiger partial charge is 0.361 e. The van der Waals surface area contributed by atoms with Crippen LogP contribution in [-0.4, -0.2) is 34.8 Å². The minimum Gasteiger partial charge on any atom is -0.361 e. The van der Waals surface area contributed by atoms with E-state index in [1.54, 1.807) is 4.90 Å². The minimum absolute atomic E-state index is 0.0222. The van der Waals surface area contributed by atoms with Crippen LogP contribution >= 0.6 is 0 Å². The number of hydrogen-bond donors (Lipinski definition) is 2. The maximum Gasteiger partial charge on any atom is 0.254 e. The van der Waals surface area contributed by atoms with Crippen LogP contribution in [0.2, 0.25) is 0 Å². The summed E-state index contributed by atoms with van der Waals surface area (Å²) in [6.07, 6.45) is 8.84. The van der Waals surface area contributed by atoms with Crippen molar-refractivity contribution in [3.05, 3.63) is 71.4 Å². The minimum atomic E-state index is -0.443. The summed E-state index contributed by atoms with van der Waals surface area (Å²) >= 11 is 0. The maximum atomic E-state index is 13.8. The first kappa shape index (κ1) is 19.9. The van der Waals surface area contributed by atoms with Crippen LogP contribution in [0.4, 0.5) is 0 Å². The third kappa shape index (κ3) is 3.52. The molecule has 1 aliphatic heterocycles. The number of para-hydroxylation sites is 1. The Balaban J connectivity index is 1.59. The molecule has 5 rings (SSSR count). The number of H-pyrrole nitrogens is 1. The van der Waals surface area contributed by atoms with E-state index < -0.39 is 5.92 Å². The fourth-order valence-corrected chi connectivity index (χ4v) is 5.40. The fourth-order valence-electron chi connectivity index (χ4n) is 5.40. The van der Waals surface area contributed by atoms with Crippen molar-refractivity contribution in [2.24, 2.45) is 0 Å². The summed E-state index contributed by atoms with van der Waals surface area (Å²) < 4.78 is 0. The second-order valence-corrected chi connectivity index (χ2v) is 8.91. The average Bonchev–Trinajstić information content (AvgIpc) is 3.04. The summed E-state index contributed by atoms with van der Waals surface area (Å²) in [5, 5.41) is 4.41. The molecule has 5 heteroatoms. The van der Waals surface area contributed by atoms with Crippen LogP contribution < -0.4 is 5.32 Å². The Labute approximate surface area is 182 Å². The lowest BCUT2D eigenvalue weighted by Gasteiger charge is -2.40. The van der Waals surface area contributed by atoms with Crippen LogP contribution in [0.3, 0.4) is 0 Å². The summed E-state index contributed by atoms with van der Waals surface area (Å²) in [6.45, 7) is 0. The van der Waals surface area contributed by atoms with Gasteiger partial charge in [-0.3, -0.25) is 9.59 Å². The molecule has 0 spiro atoms. The number of nitrogens with zero attached hydrogens (tertiary/aromatic N) is 1. The average molecular weight is 416 g/mol. The maximum absolute atomic E-state index is 13.8. The molecule has 1 saturated carbocycles. The molecule has 5 nitrogen and oxygen atoms in total. The first-order valence-corrected chi connectivity index (χ1v) is 11.4. The van der Waals surface area contributed by atoms with Gasteiger partial charge in [-0.05, 0) is 30.5 Å². The number of carbonyl (C=O) groups excluding carboxylic acids is 2. The van der Waals surface area contributed by atoms with Crippen LogP contribution in [0.5, 0.6) is 0 Å². The molecule has 1 fully saturated rings. The zero-order chi connectivity index (χ0) is 21.4. The Morgan fingerprint density at radius 3 is 2.48 bits per heavy atom. The van der Waals surface area contributed by atoms with Gasteiger partial charge in [0.15, 0.2) is 0 Å². The highest BCUT2D eigenvalue weighted by Crippen LogP contribution is 2.44. The molecule has 2 aromatic carbocycles. The zero-order valence-electron chi connectivity index (χ0n) is 17.9. The molecule has 31 heavy (non-hydrogen) atoms. The summed E-state index contributed by atoms with van der Waals surface area (Å²) in [7, 11) is 1.82. The summed E-state index contributed by atoms with van der Waals surface area (Å²) in [4.78, 5) is 32.1. The van der Waals surface area contributed by atoms with Gasteiger partial charge in [-0.25, -0.2) is 0 Å². The number of nitrogens with one attached hydrogen (secondary N) is 2. The molecular weight excluding hydrogens is 386 g/mol. The van der Waals surface area contributed by atoms with Gasteiger partial charge in [-0.15, -0.1) is 0 Å². The number of hydrogen-bond acceptors (Lipinski definition) is 2. The molecule has 2 atom stereocenters. The lowest BCUT2D eigenvalue weighted by molar-refractivity contribution is -0.124. The van der Waals surface area contributed by atoms with E-state index >= 15 is 0 Å². The Hall–Kier alpha value is -3.08. The molecule has 0 bridgehead atoms. The Bertz CT molecular complexity index is 1110. The molecule has 3 aromatic rings. The smallest absolute Gasteiger partial charge is 0.254 e. The highest BCUT2D eigenvalue weighted by molar-refractivity contribution is 6.02. The first-order valence-electron chi connectivity index (χ1n) is 11.4. The van der Waals surface area contributed by atoms with Crippen LogP contribution in [0.1, 0.15) is 72.0 Å². The number of carbonyl (C=O) groups is 2. The lowest BCUT2D eigenvalue weighted by atomic mass is 9.79. The third-order valence-electron chi connectivity index (χ3n) is 7.00. The molecular formula is C26H29N3O2. The van der Waals surface area contributed by atoms with Crippen molar-refractivity contribution in [1.82, 2.24) is 15.2 Å². The van der Waals surface area contributed by atoms with E-state index in [4.69, 9.17) is 0 Å². The second-order valence-electron chi connectivity index (χ2n) is 8.91. The molecule has 0 saturated heterocycles. The van der Waals surface area contributed by atoms with E-state index in [9.17, 15) is 9.59 Å². The predicted molar refractivity (Wildman–Crippen MR) is 122 cm³/mol. The van der Waals surface area contributed by atoms with Crippen molar-refractivity contribution in [2.45, 2.75) is 56.5 Å². The molecule has 2 aliphatic rings. The zero-order valence-corrected chi connectivity index (χ0v) is 17.9. The van der Waals surface area contributed by atoms with Crippen molar-refractivity contribution in [3.63, 3.8) is 0 Å². The van der Waals surface area contributed by atoms with Crippen LogP contribution in [-0.2, 0) is 4.79 Å². The molecule has 1 aromatic heterocycles. The molecule has 160 valence electrons. The number of fused-ring (bicyclic) bond motifs is 2. The number of aromatic nitrogens is 1. The van der Waals surface area contributed by atoms with Gasteiger partial charge in [-0.2, -0.15) is 0 Å². The van der Waals surface area contributed by atoms with Gasteiger partial charge in [0, 0.05) is 41.3 Å². The molecule has 2 N–H and O–H groups in total. The molecule has 0 radical (unpaired) electrons. The van der Waals surface area contributed by atoms with Crippen molar-refractivity contribution in [3.8, 4) is 0 Å². The molecule has 2 amide bonds. The number of amides is 2. The van der Waals surface area contributed by atoms with Gasteiger partial charge in [0.05, 0.1) is 12.0 Å². The summed E-state index contributed by atoms with van der Waals surface area (Å²) in [6, 6.07) is 15.5. The Morgan fingerprint density at radius 1 is 0.968 bits per heavy atom. The van der Waals surface area contributed by atoms with Gasteiger partial charge in [0.1, 0.15) is 0 Å². The highest BCUT2D eigenvalue weighted by atomic mass is 16.2. The van der Waals surface area contributed by atoms with Gasteiger partial charge in [0.25, 0.3) is 5.91 Å². The van der Waals surface area contributed by atoms with Gasteiger partial charge < -0.3 is 15.2 Å². The number of likely N-dealkylation sites (N-methyl/N-ethyl adjacent to an activating group) is 1. The number of benzene rings is 2. The van der Waals surface area contributed by atoms with E-state index in [2.05, 4.69) is 16.4 Å². The Kier molecular flexibility index (Phi) is 5.26. The highest BCUT2D eigenvalue weighted by Gasteiger charge is 2.43. The number of rotatable bonds is 3. The summed E-state index contributed by atoms with van der Waals surface area (Å²) in [5.41, 5.74) is 3.45. The van der Waals surface area contributed by atoms with Crippen LogP contribution in [0.25, 0.3) is 10.9 Å². The number of aromatic amines is 1. The van der Waals surface area contributed by atoms with E-state index in [1.165, 1.54) is 12.8 Å². The third-order valence-corrected chi connectivity index (χ3v) is 7.00. The fraction of sp³-hybridized carbons (Fsp3) is 0.385. The first-order chi connectivity index (χ1) is 15.1.